The number of nitrogens with one attached hydrogen (secondary N) is 2. The maximum Gasteiger partial charge on any atom is 0.328 e. The fourth-order valence-corrected chi connectivity index (χ4v) is 1.27. The minimum absolute atomic E-state index is 0.190. The highest BCUT2D eigenvalue weighted by molar-refractivity contribution is 5.82. The molecular weight excluding hydrogens is 250 g/mol. The zero-order valence-electron chi connectivity index (χ0n) is 9.96. The predicted molar refractivity (Wildman–Crippen MR) is 65.0 cm³/mol. The standard InChI is InChI=1S/C12H13N3O4/c13-5-8-1-3-9(4-2-8)6-14-12(19)15-10(7-16)11(17)18/h1-4,10,16H,6-7H2,(H,17,18)(H2,14,15,19)/t10-/m0/s1. The van der Waals surface area contributed by atoms with Crippen molar-refractivity contribution in [2.75, 3.05) is 6.61 Å². The molecule has 1 atom stereocenters. The summed E-state index contributed by atoms with van der Waals surface area (Å²) in [6, 6.07) is 6.54. The van der Waals surface area contributed by atoms with Crippen molar-refractivity contribution >= 4 is 12.0 Å². The average Bonchev–Trinajstić information content (AvgIpc) is 2.42. The summed E-state index contributed by atoms with van der Waals surface area (Å²) in [6.45, 7) is -0.491. The van der Waals surface area contributed by atoms with Crippen LogP contribution in [0.4, 0.5) is 4.79 Å². The van der Waals surface area contributed by atoms with Gasteiger partial charge in [0.1, 0.15) is 0 Å². The van der Waals surface area contributed by atoms with Gasteiger partial charge in [-0.05, 0) is 17.7 Å². The van der Waals surface area contributed by atoms with Gasteiger partial charge in [0.15, 0.2) is 6.04 Å². The number of carbonyl (C=O) groups excluding carboxylic acids is 1. The van der Waals surface area contributed by atoms with Crippen LogP contribution in [-0.2, 0) is 11.3 Å². The molecule has 0 fully saturated rings. The molecule has 7 heteroatoms. The van der Waals surface area contributed by atoms with E-state index < -0.39 is 24.6 Å². The molecule has 0 aliphatic carbocycles. The van der Waals surface area contributed by atoms with Crippen molar-refractivity contribution in [3.8, 4) is 6.07 Å². The third-order valence-corrected chi connectivity index (χ3v) is 2.32. The van der Waals surface area contributed by atoms with Crippen molar-refractivity contribution in [3.63, 3.8) is 0 Å². The van der Waals surface area contributed by atoms with Gasteiger partial charge in [0.25, 0.3) is 0 Å². The third-order valence-electron chi connectivity index (χ3n) is 2.32. The number of amides is 2. The van der Waals surface area contributed by atoms with Crippen LogP contribution in [0.1, 0.15) is 11.1 Å². The van der Waals surface area contributed by atoms with E-state index in [2.05, 4.69) is 10.6 Å². The summed E-state index contributed by atoms with van der Waals surface area (Å²) in [4.78, 5) is 21.9. The minimum Gasteiger partial charge on any atom is -0.480 e. The summed E-state index contributed by atoms with van der Waals surface area (Å²) >= 11 is 0. The molecule has 0 radical (unpaired) electrons. The summed E-state index contributed by atoms with van der Waals surface area (Å²) in [7, 11) is 0. The molecule has 0 heterocycles. The number of hydrogen-bond donors (Lipinski definition) is 4. The molecule has 0 saturated carbocycles. The second kappa shape index (κ2) is 6.98. The van der Waals surface area contributed by atoms with Gasteiger partial charge in [0.05, 0.1) is 18.2 Å². The van der Waals surface area contributed by atoms with Gasteiger partial charge in [0.2, 0.25) is 0 Å². The van der Waals surface area contributed by atoms with Gasteiger partial charge in [-0.25, -0.2) is 9.59 Å². The van der Waals surface area contributed by atoms with E-state index in [1.165, 1.54) is 0 Å². The first kappa shape index (κ1) is 14.5. The molecule has 0 aromatic heterocycles. The maximum atomic E-state index is 11.4. The molecule has 0 bridgehead atoms. The van der Waals surface area contributed by atoms with Crippen molar-refractivity contribution in [3.05, 3.63) is 35.4 Å². The number of nitriles is 1. The molecule has 0 saturated heterocycles. The molecule has 4 N–H and O–H groups in total. The molecule has 19 heavy (non-hydrogen) atoms. The Bertz CT molecular complexity index is 493. The molecule has 0 aliphatic rings. The van der Waals surface area contributed by atoms with E-state index in [0.717, 1.165) is 5.56 Å². The number of carboxylic acids is 1. The molecule has 1 aromatic rings. The van der Waals surface area contributed by atoms with Gasteiger partial charge >= 0.3 is 12.0 Å². The zero-order valence-corrected chi connectivity index (χ0v) is 9.96. The Labute approximate surface area is 109 Å². The lowest BCUT2D eigenvalue weighted by Crippen LogP contribution is -2.47. The van der Waals surface area contributed by atoms with Crippen LogP contribution in [0.3, 0.4) is 0 Å². The van der Waals surface area contributed by atoms with E-state index in [4.69, 9.17) is 15.5 Å². The normalized spacial score (nSPS) is 11.2. The van der Waals surface area contributed by atoms with Crippen LogP contribution >= 0.6 is 0 Å². The number of benzene rings is 1. The number of urea groups is 1. The number of nitrogens with zero attached hydrogens (tertiary/aromatic N) is 1. The van der Waals surface area contributed by atoms with E-state index in [1.807, 2.05) is 6.07 Å². The van der Waals surface area contributed by atoms with E-state index in [-0.39, 0.29) is 6.54 Å². The highest BCUT2D eigenvalue weighted by Gasteiger charge is 2.18. The average molecular weight is 263 g/mol. The highest BCUT2D eigenvalue weighted by Crippen LogP contribution is 2.02. The molecule has 7 nitrogen and oxygen atoms in total. The van der Waals surface area contributed by atoms with Crippen LogP contribution in [0.5, 0.6) is 0 Å². The van der Waals surface area contributed by atoms with Crippen molar-refractivity contribution in [1.82, 2.24) is 10.6 Å². The van der Waals surface area contributed by atoms with Crippen LogP contribution in [0, 0.1) is 11.3 Å². The van der Waals surface area contributed by atoms with E-state index >= 15 is 0 Å². The smallest absolute Gasteiger partial charge is 0.328 e. The van der Waals surface area contributed by atoms with Gasteiger partial charge in [-0.1, -0.05) is 12.1 Å². The van der Waals surface area contributed by atoms with Crippen LogP contribution in [0.15, 0.2) is 24.3 Å². The number of carboxylic acid groups (broad SMARTS) is 1. The number of aliphatic hydroxyl groups is 1. The molecule has 0 spiro atoms. The highest BCUT2D eigenvalue weighted by atomic mass is 16.4. The predicted octanol–water partition coefficient (Wildman–Crippen LogP) is -0.197. The molecular formula is C12H13N3O4. The van der Waals surface area contributed by atoms with Crippen LogP contribution in [-0.4, -0.2) is 34.9 Å². The monoisotopic (exact) mass is 263 g/mol. The van der Waals surface area contributed by atoms with E-state index in [9.17, 15) is 9.59 Å². The minimum atomic E-state index is -1.33. The van der Waals surface area contributed by atoms with Gasteiger partial charge in [0, 0.05) is 6.54 Å². The molecule has 0 aliphatic heterocycles. The lowest BCUT2D eigenvalue weighted by Gasteiger charge is -2.12. The summed E-state index contributed by atoms with van der Waals surface area (Å²) in [5.41, 5.74) is 1.28. The number of aliphatic carboxylic acids is 1. The molecule has 0 unspecified atom stereocenters. The Kier molecular flexibility index (Phi) is 5.32. The maximum absolute atomic E-state index is 11.4. The Hall–Kier alpha value is -2.59. The Morgan fingerprint density at radius 3 is 2.42 bits per heavy atom. The SMILES string of the molecule is N#Cc1ccc(CNC(=O)N[C@@H](CO)C(=O)O)cc1. The number of rotatable bonds is 5. The van der Waals surface area contributed by atoms with Crippen LogP contribution in [0.2, 0.25) is 0 Å². The Balaban J connectivity index is 2.45. The third kappa shape index (κ3) is 4.65. The van der Waals surface area contributed by atoms with Gasteiger partial charge < -0.3 is 20.8 Å². The fourth-order valence-electron chi connectivity index (χ4n) is 1.27. The Morgan fingerprint density at radius 1 is 1.32 bits per heavy atom. The fraction of sp³-hybridized carbons (Fsp3) is 0.250. The quantitative estimate of drug-likeness (QED) is 0.586. The summed E-state index contributed by atoms with van der Waals surface area (Å²) in [5.74, 6) is -1.31. The largest absolute Gasteiger partial charge is 0.480 e. The summed E-state index contributed by atoms with van der Waals surface area (Å²) in [6.07, 6.45) is 0. The van der Waals surface area contributed by atoms with Crippen molar-refractivity contribution < 1.29 is 19.8 Å². The first-order chi connectivity index (χ1) is 9.06. The van der Waals surface area contributed by atoms with Gasteiger partial charge in [-0.2, -0.15) is 5.26 Å². The van der Waals surface area contributed by atoms with Crippen molar-refractivity contribution in [1.29, 1.82) is 5.26 Å². The van der Waals surface area contributed by atoms with E-state index in [0.29, 0.717) is 5.56 Å². The van der Waals surface area contributed by atoms with Gasteiger partial charge in [-0.15, -0.1) is 0 Å². The number of aliphatic hydroxyl groups excluding tert-OH is 1. The van der Waals surface area contributed by atoms with Crippen molar-refractivity contribution in [2.45, 2.75) is 12.6 Å². The second-order valence-corrected chi connectivity index (χ2v) is 3.71. The van der Waals surface area contributed by atoms with E-state index in [1.54, 1.807) is 24.3 Å². The number of hydrogen-bond acceptors (Lipinski definition) is 4. The topological polar surface area (TPSA) is 122 Å². The zero-order chi connectivity index (χ0) is 14.3. The molecule has 2 amide bonds. The van der Waals surface area contributed by atoms with Crippen LogP contribution in [0.25, 0.3) is 0 Å². The van der Waals surface area contributed by atoms with Crippen molar-refractivity contribution in [2.24, 2.45) is 0 Å². The summed E-state index contributed by atoms with van der Waals surface area (Å²) in [5, 5.41) is 30.5. The van der Waals surface area contributed by atoms with Gasteiger partial charge in [-0.3, -0.25) is 0 Å². The Morgan fingerprint density at radius 2 is 1.95 bits per heavy atom. The number of carbonyl (C=O) groups is 2. The molecule has 1 aromatic carbocycles. The van der Waals surface area contributed by atoms with Crippen LogP contribution < -0.4 is 10.6 Å². The molecule has 100 valence electrons. The first-order valence-corrected chi connectivity index (χ1v) is 5.44. The lowest BCUT2D eigenvalue weighted by molar-refractivity contribution is -0.140. The molecule has 1 rings (SSSR count). The summed E-state index contributed by atoms with van der Waals surface area (Å²) < 4.78 is 0. The second-order valence-electron chi connectivity index (χ2n) is 3.71. The lowest BCUT2D eigenvalue weighted by atomic mass is 10.1. The first-order valence-electron chi connectivity index (χ1n) is 5.44.